The van der Waals surface area contributed by atoms with Gasteiger partial charge in [-0.2, -0.15) is 0 Å². The van der Waals surface area contributed by atoms with Crippen molar-refractivity contribution in [2.75, 3.05) is 50.7 Å². The van der Waals surface area contributed by atoms with E-state index in [-0.39, 0.29) is 0 Å². The predicted molar refractivity (Wildman–Crippen MR) is 85.8 cm³/mol. The number of piperazine rings is 1. The molecular formula is C15H26N4S. The first-order valence-electron chi connectivity index (χ1n) is 7.68. The Kier molecular flexibility index (Phi) is 4.02. The van der Waals surface area contributed by atoms with Gasteiger partial charge >= 0.3 is 0 Å². The maximum absolute atomic E-state index is 4.69. The van der Waals surface area contributed by atoms with Crippen LogP contribution in [0.2, 0.25) is 0 Å². The molecule has 0 aliphatic carbocycles. The Balaban J connectivity index is 1.54. The summed E-state index contributed by atoms with van der Waals surface area (Å²) in [6.45, 7) is 14.9. The molecule has 0 bridgehead atoms. The van der Waals surface area contributed by atoms with Gasteiger partial charge in [-0.3, -0.25) is 4.90 Å². The van der Waals surface area contributed by atoms with E-state index in [1.165, 1.54) is 54.8 Å². The molecule has 2 saturated heterocycles. The quantitative estimate of drug-likeness (QED) is 0.922. The molecule has 1 aromatic rings. The lowest BCUT2D eigenvalue weighted by molar-refractivity contribution is 0.169. The highest BCUT2D eigenvalue weighted by Gasteiger charge is 2.32. The number of nitrogens with one attached hydrogen (secondary N) is 1. The Bertz CT molecular complexity index is 437. The van der Waals surface area contributed by atoms with E-state index in [1.807, 2.05) is 11.3 Å². The monoisotopic (exact) mass is 294 g/mol. The average Bonchev–Trinajstić information content (AvgIpc) is 2.98. The van der Waals surface area contributed by atoms with E-state index in [4.69, 9.17) is 4.98 Å². The zero-order chi connectivity index (χ0) is 14.2. The third-order valence-corrected chi connectivity index (χ3v) is 5.86. The van der Waals surface area contributed by atoms with Crippen molar-refractivity contribution in [3.05, 3.63) is 10.6 Å². The molecule has 2 aliphatic heterocycles. The molecule has 2 aliphatic rings. The van der Waals surface area contributed by atoms with Gasteiger partial charge in [-0.25, -0.2) is 4.98 Å². The summed E-state index contributed by atoms with van der Waals surface area (Å²) in [5.74, 6) is 0. The Hall–Kier alpha value is -0.650. The van der Waals surface area contributed by atoms with Crippen LogP contribution in [0, 0.1) is 19.3 Å². The lowest BCUT2D eigenvalue weighted by atomic mass is 9.89. The Labute approximate surface area is 126 Å². The molecule has 3 heterocycles. The number of nitrogens with zero attached hydrogens (tertiary/aromatic N) is 3. The molecule has 5 heteroatoms. The summed E-state index contributed by atoms with van der Waals surface area (Å²) in [5, 5.41) is 4.72. The van der Waals surface area contributed by atoms with Gasteiger partial charge in [-0.15, -0.1) is 11.3 Å². The predicted octanol–water partition coefficient (Wildman–Crippen LogP) is 1.88. The molecule has 0 saturated carbocycles. The first-order chi connectivity index (χ1) is 9.56. The van der Waals surface area contributed by atoms with E-state index < -0.39 is 0 Å². The van der Waals surface area contributed by atoms with Gasteiger partial charge in [0.2, 0.25) is 0 Å². The van der Waals surface area contributed by atoms with Crippen LogP contribution in [0.3, 0.4) is 0 Å². The van der Waals surface area contributed by atoms with Crippen LogP contribution in [0.25, 0.3) is 0 Å². The normalized spacial score (nSPS) is 28.2. The van der Waals surface area contributed by atoms with E-state index in [9.17, 15) is 0 Å². The van der Waals surface area contributed by atoms with Crippen molar-refractivity contribution in [1.29, 1.82) is 0 Å². The minimum absolute atomic E-state index is 0.483. The number of thiazole rings is 1. The van der Waals surface area contributed by atoms with Gasteiger partial charge in [0, 0.05) is 44.1 Å². The van der Waals surface area contributed by atoms with Crippen molar-refractivity contribution in [1.82, 2.24) is 15.2 Å². The highest BCUT2D eigenvalue weighted by atomic mass is 32.1. The molecule has 0 spiro atoms. The summed E-state index contributed by atoms with van der Waals surface area (Å²) >= 11 is 1.84. The van der Waals surface area contributed by atoms with Gasteiger partial charge in [0.1, 0.15) is 0 Å². The number of aromatic nitrogens is 1. The second kappa shape index (κ2) is 5.62. The number of hydrogen-bond donors (Lipinski definition) is 1. The Morgan fingerprint density at radius 3 is 2.55 bits per heavy atom. The SMILES string of the molecule is Cc1nc(N2CCN(CC3(C)CCNC3)CC2)sc1C. The third-order valence-electron chi connectivity index (χ3n) is 4.72. The summed E-state index contributed by atoms with van der Waals surface area (Å²) in [6, 6.07) is 0. The smallest absolute Gasteiger partial charge is 0.185 e. The minimum Gasteiger partial charge on any atom is -0.346 e. The molecule has 1 unspecified atom stereocenters. The fraction of sp³-hybridized carbons (Fsp3) is 0.800. The Morgan fingerprint density at radius 1 is 1.25 bits per heavy atom. The number of hydrogen-bond acceptors (Lipinski definition) is 5. The van der Waals surface area contributed by atoms with Crippen LogP contribution in [0.1, 0.15) is 23.9 Å². The molecule has 4 nitrogen and oxygen atoms in total. The van der Waals surface area contributed by atoms with E-state index in [0.717, 1.165) is 13.1 Å². The molecule has 0 aromatic carbocycles. The zero-order valence-electron chi connectivity index (χ0n) is 12.9. The van der Waals surface area contributed by atoms with Crippen molar-refractivity contribution in [3.8, 4) is 0 Å². The second-order valence-corrected chi connectivity index (χ2v) is 7.82. The van der Waals surface area contributed by atoms with Gasteiger partial charge in [-0.05, 0) is 32.2 Å². The van der Waals surface area contributed by atoms with E-state index >= 15 is 0 Å². The van der Waals surface area contributed by atoms with Crippen LogP contribution >= 0.6 is 11.3 Å². The molecule has 0 radical (unpaired) electrons. The van der Waals surface area contributed by atoms with Crippen molar-refractivity contribution < 1.29 is 0 Å². The van der Waals surface area contributed by atoms with Crippen LogP contribution in [-0.4, -0.2) is 55.7 Å². The van der Waals surface area contributed by atoms with Crippen molar-refractivity contribution in [2.45, 2.75) is 27.2 Å². The molecule has 0 amide bonds. The molecule has 1 N–H and O–H groups in total. The topological polar surface area (TPSA) is 31.4 Å². The highest BCUT2D eigenvalue weighted by Crippen LogP contribution is 2.28. The molecule has 1 atom stereocenters. The van der Waals surface area contributed by atoms with Crippen molar-refractivity contribution in [2.24, 2.45) is 5.41 Å². The zero-order valence-corrected chi connectivity index (χ0v) is 13.7. The first kappa shape index (κ1) is 14.3. The maximum Gasteiger partial charge on any atom is 0.185 e. The van der Waals surface area contributed by atoms with Crippen LogP contribution in [0.4, 0.5) is 5.13 Å². The second-order valence-electron chi connectivity index (χ2n) is 6.64. The number of rotatable bonds is 3. The minimum atomic E-state index is 0.483. The Morgan fingerprint density at radius 2 is 2.00 bits per heavy atom. The molecule has 1 aromatic heterocycles. The fourth-order valence-corrected chi connectivity index (χ4v) is 4.19. The standard InChI is InChI=1S/C15H26N4S/c1-12-13(2)20-14(17-12)19-8-6-18(7-9-19)11-15(3)4-5-16-10-15/h16H,4-11H2,1-3H3. The average molecular weight is 294 g/mol. The van der Waals surface area contributed by atoms with Gasteiger partial charge in [0.25, 0.3) is 0 Å². The molecule has 112 valence electrons. The largest absolute Gasteiger partial charge is 0.346 e. The van der Waals surface area contributed by atoms with Crippen molar-refractivity contribution >= 4 is 16.5 Å². The van der Waals surface area contributed by atoms with Gasteiger partial charge < -0.3 is 10.2 Å². The summed E-state index contributed by atoms with van der Waals surface area (Å²) < 4.78 is 0. The third kappa shape index (κ3) is 3.00. The number of aryl methyl sites for hydroxylation is 2. The van der Waals surface area contributed by atoms with E-state index in [1.54, 1.807) is 0 Å². The van der Waals surface area contributed by atoms with E-state index in [0.29, 0.717) is 5.41 Å². The van der Waals surface area contributed by atoms with Crippen LogP contribution in [0.15, 0.2) is 0 Å². The van der Waals surface area contributed by atoms with Crippen LogP contribution in [0.5, 0.6) is 0 Å². The summed E-state index contributed by atoms with van der Waals surface area (Å²) in [7, 11) is 0. The van der Waals surface area contributed by atoms with Crippen LogP contribution in [-0.2, 0) is 0 Å². The summed E-state index contributed by atoms with van der Waals surface area (Å²) in [5.41, 5.74) is 1.67. The summed E-state index contributed by atoms with van der Waals surface area (Å²) in [6.07, 6.45) is 1.32. The molecule has 20 heavy (non-hydrogen) atoms. The molecule has 3 rings (SSSR count). The lowest BCUT2D eigenvalue weighted by Gasteiger charge is -2.38. The highest BCUT2D eigenvalue weighted by molar-refractivity contribution is 7.15. The van der Waals surface area contributed by atoms with E-state index in [2.05, 4.69) is 35.9 Å². The van der Waals surface area contributed by atoms with Gasteiger partial charge in [0.05, 0.1) is 5.69 Å². The maximum atomic E-state index is 4.69. The fourth-order valence-electron chi connectivity index (χ4n) is 3.23. The lowest BCUT2D eigenvalue weighted by Crippen LogP contribution is -2.49. The number of anilines is 1. The molecule has 2 fully saturated rings. The van der Waals surface area contributed by atoms with Crippen LogP contribution < -0.4 is 10.2 Å². The van der Waals surface area contributed by atoms with Gasteiger partial charge in [0.15, 0.2) is 5.13 Å². The van der Waals surface area contributed by atoms with Crippen molar-refractivity contribution in [3.63, 3.8) is 0 Å². The molecular weight excluding hydrogens is 268 g/mol. The first-order valence-corrected chi connectivity index (χ1v) is 8.49. The summed E-state index contributed by atoms with van der Waals surface area (Å²) in [4.78, 5) is 11.1. The van der Waals surface area contributed by atoms with Gasteiger partial charge in [-0.1, -0.05) is 6.92 Å².